The fourth-order valence-electron chi connectivity index (χ4n) is 1.94. The molecule has 0 bridgehead atoms. The molecule has 0 unspecified atom stereocenters. The molecule has 1 amide bonds. The molecule has 0 spiro atoms. The summed E-state index contributed by atoms with van der Waals surface area (Å²) >= 11 is 5.77. The predicted octanol–water partition coefficient (Wildman–Crippen LogP) is 2.31. The van der Waals surface area contributed by atoms with Crippen molar-refractivity contribution in [2.45, 2.75) is 17.9 Å². The maximum atomic E-state index is 13.7. The van der Waals surface area contributed by atoms with E-state index in [1.807, 2.05) is 0 Å². The molecule has 26 heavy (non-hydrogen) atoms. The lowest BCUT2D eigenvalue weighted by molar-refractivity contribution is -0.123. The first kappa shape index (κ1) is 19.8. The summed E-state index contributed by atoms with van der Waals surface area (Å²) in [7, 11) is -3.85. The molecule has 0 fully saturated rings. The zero-order valence-corrected chi connectivity index (χ0v) is 15.0. The van der Waals surface area contributed by atoms with Crippen LogP contribution in [0.3, 0.4) is 0 Å². The summed E-state index contributed by atoms with van der Waals surface area (Å²) in [6.45, 7) is 1.29. The Hall–Kier alpha value is -2.49. The Morgan fingerprint density at radius 2 is 1.81 bits per heavy atom. The van der Waals surface area contributed by atoms with Gasteiger partial charge in [0.15, 0.2) is 6.10 Å². The highest BCUT2D eigenvalue weighted by Gasteiger charge is 2.23. The van der Waals surface area contributed by atoms with E-state index in [4.69, 9.17) is 21.5 Å². The molecule has 0 aliphatic rings. The van der Waals surface area contributed by atoms with Gasteiger partial charge in [0, 0.05) is 5.69 Å². The van der Waals surface area contributed by atoms with E-state index in [0.29, 0.717) is 0 Å². The molecule has 2 aromatic carbocycles. The van der Waals surface area contributed by atoms with E-state index in [9.17, 15) is 22.4 Å². The second-order valence-corrected chi connectivity index (χ2v) is 7.17. The number of esters is 1. The van der Waals surface area contributed by atoms with Crippen LogP contribution in [-0.4, -0.2) is 26.4 Å². The number of carbonyl (C=O) groups excluding carboxylic acids is 2. The first-order chi connectivity index (χ1) is 12.1. The molecule has 0 radical (unpaired) electrons. The zero-order valence-electron chi connectivity index (χ0n) is 13.4. The van der Waals surface area contributed by atoms with Gasteiger partial charge in [-0.05, 0) is 43.3 Å². The summed E-state index contributed by atoms with van der Waals surface area (Å²) in [4.78, 5) is 24.0. The average molecular weight is 401 g/mol. The Morgan fingerprint density at radius 3 is 2.35 bits per heavy atom. The third-order valence-electron chi connectivity index (χ3n) is 3.27. The summed E-state index contributed by atoms with van der Waals surface area (Å²) < 4.78 is 41.0. The van der Waals surface area contributed by atoms with Crippen LogP contribution >= 0.6 is 11.6 Å². The fourth-order valence-corrected chi connectivity index (χ4v) is 2.69. The highest BCUT2D eigenvalue weighted by molar-refractivity contribution is 7.89. The molecule has 0 aromatic heterocycles. The van der Waals surface area contributed by atoms with Gasteiger partial charge in [-0.1, -0.05) is 17.7 Å². The molecule has 0 saturated heterocycles. The van der Waals surface area contributed by atoms with Crippen molar-refractivity contribution in [2.24, 2.45) is 5.14 Å². The number of hydrogen-bond donors (Lipinski definition) is 2. The third-order valence-corrected chi connectivity index (χ3v) is 4.51. The number of benzene rings is 2. The summed E-state index contributed by atoms with van der Waals surface area (Å²) in [5.41, 5.74) is -0.208. The summed E-state index contributed by atoms with van der Waals surface area (Å²) in [5.74, 6) is -2.65. The fraction of sp³-hybridized carbons (Fsp3) is 0.125. The van der Waals surface area contributed by atoms with Gasteiger partial charge in [0.1, 0.15) is 11.4 Å². The van der Waals surface area contributed by atoms with Gasteiger partial charge < -0.3 is 10.1 Å². The Balaban J connectivity index is 2.05. The smallest absolute Gasteiger partial charge is 0.343 e. The monoisotopic (exact) mass is 400 g/mol. The molecule has 2 rings (SSSR count). The summed E-state index contributed by atoms with van der Waals surface area (Å²) in [5, 5.41) is 7.27. The summed E-state index contributed by atoms with van der Waals surface area (Å²) in [6.07, 6.45) is -1.25. The number of halogens is 2. The van der Waals surface area contributed by atoms with Gasteiger partial charge in [0.2, 0.25) is 10.0 Å². The van der Waals surface area contributed by atoms with Gasteiger partial charge in [-0.15, -0.1) is 0 Å². The molecule has 7 nitrogen and oxygen atoms in total. The second-order valence-electron chi connectivity index (χ2n) is 5.20. The third kappa shape index (κ3) is 4.78. The minimum atomic E-state index is -3.85. The van der Waals surface area contributed by atoms with Crippen LogP contribution in [0, 0.1) is 5.82 Å². The van der Waals surface area contributed by atoms with Crippen LogP contribution in [0.5, 0.6) is 0 Å². The van der Waals surface area contributed by atoms with Gasteiger partial charge in [0.05, 0.1) is 9.92 Å². The average Bonchev–Trinajstić information content (AvgIpc) is 2.54. The normalized spacial score (nSPS) is 12.3. The Kier molecular flexibility index (Phi) is 5.96. The topological polar surface area (TPSA) is 116 Å². The number of sulfonamides is 1. The maximum absolute atomic E-state index is 13.7. The molecule has 2 aromatic rings. The van der Waals surface area contributed by atoms with E-state index in [1.54, 1.807) is 0 Å². The lowest BCUT2D eigenvalue weighted by Crippen LogP contribution is -2.30. The van der Waals surface area contributed by atoms with Crippen LogP contribution < -0.4 is 10.5 Å². The van der Waals surface area contributed by atoms with Crippen LogP contribution in [-0.2, 0) is 19.6 Å². The molecule has 0 saturated carbocycles. The van der Waals surface area contributed by atoms with Crippen LogP contribution in [0.1, 0.15) is 17.3 Å². The van der Waals surface area contributed by atoms with Crippen molar-refractivity contribution >= 4 is 39.2 Å². The minimum absolute atomic E-state index is 0.121. The summed E-state index contributed by atoms with van der Waals surface area (Å²) in [6, 6.07) is 8.75. The van der Waals surface area contributed by atoms with Gasteiger partial charge >= 0.3 is 5.97 Å². The Labute approximate surface area is 154 Å². The van der Waals surface area contributed by atoms with Crippen LogP contribution in [0.4, 0.5) is 10.1 Å². The molecule has 0 aliphatic heterocycles. The highest BCUT2D eigenvalue weighted by Crippen LogP contribution is 2.20. The van der Waals surface area contributed by atoms with E-state index in [0.717, 1.165) is 6.07 Å². The van der Waals surface area contributed by atoms with Crippen molar-refractivity contribution < 1.29 is 27.1 Å². The molecule has 10 heteroatoms. The van der Waals surface area contributed by atoms with Crippen molar-refractivity contribution in [3.05, 3.63) is 58.9 Å². The molecule has 0 aliphatic carbocycles. The van der Waals surface area contributed by atoms with Crippen LogP contribution in [0.15, 0.2) is 47.4 Å². The van der Waals surface area contributed by atoms with Gasteiger partial charge in [-0.2, -0.15) is 0 Å². The first-order valence-electron chi connectivity index (χ1n) is 7.18. The molecule has 1 atom stereocenters. The van der Waals surface area contributed by atoms with Crippen LogP contribution in [0.25, 0.3) is 0 Å². The van der Waals surface area contributed by atoms with E-state index >= 15 is 0 Å². The van der Waals surface area contributed by atoms with Crippen molar-refractivity contribution in [3.8, 4) is 0 Å². The second kappa shape index (κ2) is 7.81. The van der Waals surface area contributed by atoms with E-state index in [2.05, 4.69) is 5.32 Å². The molecular formula is C16H14ClFN2O5S. The molecular weight excluding hydrogens is 387 g/mol. The van der Waals surface area contributed by atoms with Gasteiger partial charge in [-0.25, -0.2) is 22.7 Å². The van der Waals surface area contributed by atoms with Gasteiger partial charge in [-0.3, -0.25) is 4.79 Å². The zero-order chi connectivity index (χ0) is 19.5. The molecule has 138 valence electrons. The van der Waals surface area contributed by atoms with E-state index in [1.165, 1.54) is 43.3 Å². The number of carbonyl (C=O) groups is 2. The lowest BCUT2D eigenvalue weighted by atomic mass is 10.2. The standard InChI is InChI=1S/C16H14ClFN2O5S/c1-9(25-16(22)14-12(17)3-2-4-13(14)18)15(21)20-10-5-7-11(8-6-10)26(19,23)24/h2-9H,1H3,(H,20,21)(H2,19,23,24)/t9-/m1/s1. The lowest BCUT2D eigenvalue weighted by Gasteiger charge is -2.14. The number of amides is 1. The molecule has 0 heterocycles. The van der Waals surface area contributed by atoms with Crippen molar-refractivity contribution in [2.75, 3.05) is 5.32 Å². The van der Waals surface area contributed by atoms with Gasteiger partial charge in [0.25, 0.3) is 5.91 Å². The largest absolute Gasteiger partial charge is 0.449 e. The quantitative estimate of drug-likeness (QED) is 0.747. The Morgan fingerprint density at radius 1 is 1.19 bits per heavy atom. The van der Waals surface area contributed by atoms with Crippen molar-refractivity contribution in [3.63, 3.8) is 0 Å². The molecule has 3 N–H and O–H groups in total. The minimum Gasteiger partial charge on any atom is -0.449 e. The number of nitrogens with one attached hydrogen (secondary N) is 1. The predicted molar refractivity (Wildman–Crippen MR) is 92.7 cm³/mol. The maximum Gasteiger partial charge on any atom is 0.343 e. The highest BCUT2D eigenvalue weighted by atomic mass is 35.5. The Bertz CT molecular complexity index is 927. The number of hydrogen-bond acceptors (Lipinski definition) is 5. The SMILES string of the molecule is C[C@@H](OC(=O)c1c(F)cccc1Cl)C(=O)Nc1ccc(S(N)(=O)=O)cc1. The number of ether oxygens (including phenoxy) is 1. The van der Waals surface area contributed by atoms with E-state index < -0.39 is 39.4 Å². The number of nitrogens with two attached hydrogens (primary N) is 1. The number of primary sulfonamides is 1. The van der Waals surface area contributed by atoms with Crippen molar-refractivity contribution in [1.29, 1.82) is 0 Å². The van der Waals surface area contributed by atoms with Crippen molar-refractivity contribution in [1.82, 2.24) is 0 Å². The number of rotatable bonds is 5. The first-order valence-corrected chi connectivity index (χ1v) is 9.10. The number of anilines is 1. The van der Waals surface area contributed by atoms with E-state index in [-0.39, 0.29) is 15.6 Å². The van der Waals surface area contributed by atoms with Crippen LogP contribution in [0.2, 0.25) is 5.02 Å².